The van der Waals surface area contributed by atoms with Gasteiger partial charge in [-0.1, -0.05) is 29.8 Å². The number of esters is 1. The van der Waals surface area contributed by atoms with E-state index in [2.05, 4.69) is 0 Å². The number of nitrogens with zero attached hydrogens (tertiary/aromatic N) is 1. The maximum atomic E-state index is 14.0. The molecule has 24 heavy (non-hydrogen) atoms. The predicted molar refractivity (Wildman–Crippen MR) is 82.6 cm³/mol. The van der Waals surface area contributed by atoms with E-state index in [4.69, 9.17) is 21.1 Å². The van der Waals surface area contributed by atoms with Gasteiger partial charge in [0.2, 0.25) is 5.91 Å². The van der Waals surface area contributed by atoms with Crippen molar-refractivity contribution in [3.05, 3.63) is 46.8 Å². The molecule has 4 rings (SSSR count). The Labute approximate surface area is 143 Å². The molecule has 0 radical (unpaired) electrons. The normalized spacial score (nSPS) is 33.2. The molecular weight excluding hydrogens is 337 g/mol. The van der Waals surface area contributed by atoms with E-state index >= 15 is 0 Å². The highest BCUT2D eigenvalue weighted by Crippen LogP contribution is 2.52. The molecule has 3 heterocycles. The molecule has 0 saturated carbocycles. The number of carbonyl (C=O) groups is 2. The Morgan fingerprint density at radius 2 is 2.33 bits per heavy atom. The van der Waals surface area contributed by atoms with Gasteiger partial charge in [0.25, 0.3) is 0 Å². The van der Waals surface area contributed by atoms with Crippen LogP contribution in [0, 0.1) is 17.7 Å². The maximum Gasteiger partial charge on any atom is 0.312 e. The van der Waals surface area contributed by atoms with Gasteiger partial charge in [-0.15, -0.1) is 0 Å². The second-order valence-electron chi connectivity index (χ2n) is 6.32. The Morgan fingerprint density at radius 3 is 3.04 bits per heavy atom. The fourth-order valence-corrected chi connectivity index (χ4v) is 4.21. The second kappa shape index (κ2) is 5.29. The third-order valence-electron chi connectivity index (χ3n) is 5.06. The van der Waals surface area contributed by atoms with Crippen molar-refractivity contribution in [1.82, 2.24) is 4.90 Å². The first kappa shape index (κ1) is 15.6. The van der Waals surface area contributed by atoms with Crippen LogP contribution in [0.3, 0.4) is 0 Å². The summed E-state index contributed by atoms with van der Waals surface area (Å²) in [5, 5.41) is 0.266. The average molecular weight is 352 g/mol. The first-order chi connectivity index (χ1) is 11.5. The quantitative estimate of drug-likeness (QED) is 0.617. The van der Waals surface area contributed by atoms with Crippen LogP contribution in [-0.2, 0) is 25.6 Å². The number of ether oxygens (including phenoxy) is 2. The van der Waals surface area contributed by atoms with Crippen LogP contribution in [0.5, 0.6) is 0 Å². The number of fused-ring (bicyclic) bond motifs is 1. The van der Waals surface area contributed by atoms with E-state index in [1.165, 1.54) is 24.1 Å². The van der Waals surface area contributed by atoms with Crippen molar-refractivity contribution >= 4 is 23.5 Å². The molecule has 2 bridgehead atoms. The molecule has 5 nitrogen and oxygen atoms in total. The van der Waals surface area contributed by atoms with Gasteiger partial charge in [0.05, 0.1) is 32.2 Å². The summed E-state index contributed by atoms with van der Waals surface area (Å²) in [5.74, 6) is -2.46. The van der Waals surface area contributed by atoms with Crippen LogP contribution in [0.4, 0.5) is 4.39 Å². The molecule has 7 heteroatoms. The SMILES string of the molecule is COC(=O)[C@@H]1[C@H]2C=C[C@@]3(CN(Cc4c(F)cccc4Cl)C(=O)[C@@H]13)O2. The number of benzene rings is 1. The van der Waals surface area contributed by atoms with E-state index in [-0.39, 0.29) is 29.6 Å². The van der Waals surface area contributed by atoms with Crippen LogP contribution in [0.2, 0.25) is 5.02 Å². The van der Waals surface area contributed by atoms with Crippen LogP contribution in [0.15, 0.2) is 30.4 Å². The fourth-order valence-electron chi connectivity index (χ4n) is 3.99. The number of hydrogen-bond donors (Lipinski definition) is 0. The zero-order valence-corrected chi connectivity index (χ0v) is 13.6. The molecule has 0 aliphatic carbocycles. The number of rotatable bonds is 3. The molecule has 126 valence electrons. The van der Waals surface area contributed by atoms with Crippen LogP contribution in [0.25, 0.3) is 0 Å². The highest BCUT2D eigenvalue weighted by atomic mass is 35.5. The van der Waals surface area contributed by atoms with E-state index in [1.807, 2.05) is 6.08 Å². The van der Waals surface area contributed by atoms with Gasteiger partial charge in [0, 0.05) is 10.6 Å². The molecule has 1 aromatic rings. The lowest BCUT2D eigenvalue weighted by atomic mass is 9.77. The third kappa shape index (κ3) is 2.03. The fraction of sp³-hybridized carbons (Fsp3) is 0.412. The van der Waals surface area contributed by atoms with Crippen molar-refractivity contribution in [2.24, 2.45) is 11.8 Å². The minimum Gasteiger partial charge on any atom is -0.469 e. The Hall–Kier alpha value is -1.92. The minimum absolute atomic E-state index is 0.0400. The summed E-state index contributed by atoms with van der Waals surface area (Å²) >= 11 is 6.06. The van der Waals surface area contributed by atoms with Crippen LogP contribution in [0.1, 0.15) is 5.56 Å². The average Bonchev–Trinajstić information content (AvgIpc) is 3.19. The largest absolute Gasteiger partial charge is 0.469 e. The molecule has 3 aliphatic rings. The highest BCUT2D eigenvalue weighted by molar-refractivity contribution is 6.31. The summed E-state index contributed by atoms with van der Waals surface area (Å²) in [4.78, 5) is 26.4. The number of halogens is 2. The lowest BCUT2D eigenvalue weighted by molar-refractivity contribution is -0.151. The summed E-state index contributed by atoms with van der Waals surface area (Å²) in [6.45, 7) is 0.306. The molecule has 1 spiro atoms. The minimum atomic E-state index is -0.835. The molecule has 2 fully saturated rings. The van der Waals surface area contributed by atoms with Crippen molar-refractivity contribution in [1.29, 1.82) is 0 Å². The van der Waals surface area contributed by atoms with Crippen molar-refractivity contribution in [3.63, 3.8) is 0 Å². The van der Waals surface area contributed by atoms with E-state index in [9.17, 15) is 14.0 Å². The van der Waals surface area contributed by atoms with Gasteiger partial charge < -0.3 is 14.4 Å². The third-order valence-corrected chi connectivity index (χ3v) is 5.42. The summed E-state index contributed by atoms with van der Waals surface area (Å²) < 4.78 is 24.8. The van der Waals surface area contributed by atoms with Crippen LogP contribution < -0.4 is 0 Å². The monoisotopic (exact) mass is 351 g/mol. The highest BCUT2D eigenvalue weighted by Gasteiger charge is 2.67. The van der Waals surface area contributed by atoms with Gasteiger partial charge >= 0.3 is 5.97 Å². The predicted octanol–water partition coefficient (Wildman–Crippen LogP) is 1.93. The zero-order valence-electron chi connectivity index (χ0n) is 12.9. The molecule has 4 atom stereocenters. The van der Waals surface area contributed by atoms with Gasteiger partial charge in [-0.2, -0.15) is 0 Å². The summed E-state index contributed by atoms with van der Waals surface area (Å²) in [5.41, 5.74) is -0.574. The topological polar surface area (TPSA) is 55.8 Å². The van der Waals surface area contributed by atoms with E-state index < -0.39 is 35.3 Å². The van der Waals surface area contributed by atoms with Gasteiger partial charge in [-0.05, 0) is 12.1 Å². The van der Waals surface area contributed by atoms with E-state index in [1.54, 1.807) is 12.1 Å². The van der Waals surface area contributed by atoms with Crippen molar-refractivity contribution in [2.75, 3.05) is 13.7 Å². The Kier molecular flexibility index (Phi) is 3.44. The lowest BCUT2D eigenvalue weighted by Gasteiger charge is -2.22. The second-order valence-corrected chi connectivity index (χ2v) is 6.72. The molecular formula is C17H15ClFNO4. The number of methoxy groups -OCH3 is 1. The first-order valence-electron chi connectivity index (χ1n) is 7.63. The van der Waals surface area contributed by atoms with Gasteiger partial charge in [-0.3, -0.25) is 9.59 Å². The van der Waals surface area contributed by atoms with Crippen molar-refractivity contribution in [3.8, 4) is 0 Å². The van der Waals surface area contributed by atoms with Crippen LogP contribution in [-0.4, -0.2) is 42.1 Å². The summed E-state index contributed by atoms with van der Waals surface area (Å²) in [6, 6.07) is 4.40. The van der Waals surface area contributed by atoms with Crippen molar-refractivity contribution in [2.45, 2.75) is 18.2 Å². The summed E-state index contributed by atoms with van der Waals surface area (Å²) in [6.07, 6.45) is 3.19. The number of likely N-dealkylation sites (tertiary alicyclic amines) is 1. The molecule has 0 unspecified atom stereocenters. The molecule has 2 saturated heterocycles. The molecule has 3 aliphatic heterocycles. The summed E-state index contributed by atoms with van der Waals surface area (Å²) in [7, 11) is 1.29. The molecule has 0 aromatic heterocycles. The number of amides is 1. The Balaban J connectivity index is 1.65. The van der Waals surface area contributed by atoms with E-state index in [0.717, 1.165) is 0 Å². The van der Waals surface area contributed by atoms with E-state index in [0.29, 0.717) is 0 Å². The Bertz CT molecular complexity index is 747. The maximum absolute atomic E-state index is 14.0. The lowest BCUT2D eigenvalue weighted by Crippen LogP contribution is -2.39. The number of hydrogen-bond acceptors (Lipinski definition) is 4. The van der Waals surface area contributed by atoms with Gasteiger partial charge in [0.15, 0.2) is 0 Å². The van der Waals surface area contributed by atoms with Crippen molar-refractivity contribution < 1.29 is 23.5 Å². The van der Waals surface area contributed by atoms with Crippen LogP contribution >= 0.6 is 11.6 Å². The first-order valence-corrected chi connectivity index (χ1v) is 8.01. The Morgan fingerprint density at radius 1 is 1.54 bits per heavy atom. The smallest absolute Gasteiger partial charge is 0.312 e. The molecule has 1 amide bonds. The standard InChI is InChI=1S/C17H15ClFNO4/c1-23-16(22)13-12-5-6-17(24-12)8-20(15(21)14(13)17)7-9-10(18)3-2-4-11(9)19/h2-6,12-14H,7-8H2,1H3/t12-,13-,14-,17+/m1/s1. The van der Waals surface area contributed by atoms with Gasteiger partial charge in [-0.25, -0.2) is 4.39 Å². The molecule has 0 N–H and O–H groups in total. The van der Waals surface area contributed by atoms with Gasteiger partial charge in [0.1, 0.15) is 17.3 Å². The number of carbonyl (C=O) groups excluding carboxylic acids is 2. The molecule has 1 aromatic carbocycles. The zero-order chi connectivity index (χ0) is 17.1.